The largest absolute Gasteiger partial charge is 0.371 e. The van der Waals surface area contributed by atoms with Gasteiger partial charge in [-0.3, -0.25) is 4.99 Å². The van der Waals surface area contributed by atoms with Crippen molar-refractivity contribution in [2.24, 2.45) is 4.99 Å². The number of benzene rings is 2. The van der Waals surface area contributed by atoms with Gasteiger partial charge in [0.25, 0.3) is 0 Å². The zero-order valence-electron chi connectivity index (χ0n) is 14.8. The van der Waals surface area contributed by atoms with Crippen LogP contribution in [-0.2, 0) is 6.54 Å². The van der Waals surface area contributed by atoms with Crippen molar-refractivity contribution in [3.05, 3.63) is 59.9 Å². The van der Waals surface area contributed by atoms with Crippen LogP contribution >= 0.6 is 12.4 Å². The van der Waals surface area contributed by atoms with Gasteiger partial charge in [-0.2, -0.15) is 0 Å². The average Bonchev–Trinajstić information content (AvgIpc) is 2.86. The number of aliphatic imine (C=N–C) groups is 1. The first-order valence-electron chi connectivity index (χ1n) is 9.19. The third-order valence-electron chi connectivity index (χ3n) is 5.27. The second-order valence-corrected chi connectivity index (χ2v) is 7.09. The molecule has 2 aromatic carbocycles. The highest BCUT2D eigenvalue weighted by Gasteiger charge is 2.39. The van der Waals surface area contributed by atoms with E-state index >= 15 is 0 Å². The molecule has 0 atom stereocenters. The van der Waals surface area contributed by atoms with Gasteiger partial charge in [-0.15, -0.1) is 12.4 Å². The molecule has 0 saturated heterocycles. The molecule has 2 aromatic rings. The molecule has 138 valence electrons. The van der Waals surface area contributed by atoms with Gasteiger partial charge in [-0.05, 0) is 42.7 Å². The number of nitrogens with zero attached hydrogens (tertiary/aromatic N) is 1. The summed E-state index contributed by atoms with van der Waals surface area (Å²) in [6.45, 7) is 0.492. The average molecular weight is 374 g/mol. The normalized spacial score (nSPS) is 19.7. The van der Waals surface area contributed by atoms with Gasteiger partial charge >= 0.3 is 0 Å². The summed E-state index contributed by atoms with van der Waals surface area (Å²) in [7, 11) is 0. The fraction of sp³-hybridized carbons (Fsp3) is 0.381. The highest BCUT2D eigenvalue weighted by Crippen LogP contribution is 2.38. The number of amidine groups is 1. The van der Waals surface area contributed by atoms with Gasteiger partial charge in [-0.1, -0.05) is 49.9 Å². The van der Waals surface area contributed by atoms with Crippen molar-refractivity contribution >= 4 is 29.6 Å². The lowest BCUT2D eigenvalue weighted by molar-refractivity contribution is 0.524. The Morgan fingerprint density at radius 3 is 2.38 bits per heavy atom. The van der Waals surface area contributed by atoms with Crippen molar-refractivity contribution in [2.75, 3.05) is 10.6 Å². The summed E-state index contributed by atoms with van der Waals surface area (Å²) in [4.78, 5) is 4.89. The van der Waals surface area contributed by atoms with E-state index in [4.69, 9.17) is 4.99 Å². The van der Waals surface area contributed by atoms with Crippen molar-refractivity contribution < 1.29 is 4.39 Å². The van der Waals surface area contributed by atoms with Crippen LogP contribution < -0.4 is 10.6 Å². The molecule has 1 aliphatic carbocycles. The third kappa shape index (κ3) is 3.85. The van der Waals surface area contributed by atoms with Crippen LogP contribution in [0.25, 0.3) is 0 Å². The molecule has 4 rings (SSSR count). The number of anilines is 2. The van der Waals surface area contributed by atoms with E-state index in [-0.39, 0.29) is 23.8 Å². The summed E-state index contributed by atoms with van der Waals surface area (Å²) < 4.78 is 13.5. The van der Waals surface area contributed by atoms with Gasteiger partial charge in [0.1, 0.15) is 11.7 Å². The second kappa shape index (κ2) is 8.09. The first-order chi connectivity index (χ1) is 12.3. The Labute approximate surface area is 160 Å². The minimum atomic E-state index is -0.207. The van der Waals surface area contributed by atoms with E-state index < -0.39 is 0 Å². The summed E-state index contributed by atoms with van der Waals surface area (Å²) in [5.41, 5.74) is 2.99. The Hall–Kier alpha value is -2.07. The molecular weight excluding hydrogens is 349 g/mol. The van der Waals surface area contributed by atoms with Gasteiger partial charge < -0.3 is 10.6 Å². The number of hydrogen-bond donors (Lipinski definition) is 2. The van der Waals surface area contributed by atoms with Gasteiger partial charge in [0.05, 0.1) is 23.5 Å². The molecule has 2 N–H and O–H groups in total. The van der Waals surface area contributed by atoms with Crippen LogP contribution in [0.2, 0.25) is 0 Å². The Kier molecular flexibility index (Phi) is 5.82. The maximum atomic E-state index is 13.5. The van der Waals surface area contributed by atoms with Gasteiger partial charge in [0.2, 0.25) is 0 Å². The molecule has 26 heavy (non-hydrogen) atoms. The number of hydrogen-bond acceptors (Lipinski definition) is 2. The van der Waals surface area contributed by atoms with Crippen molar-refractivity contribution in [2.45, 2.75) is 50.6 Å². The minimum Gasteiger partial charge on any atom is -0.371 e. The summed E-state index contributed by atoms with van der Waals surface area (Å²) in [5, 5.41) is 7.35. The molecule has 2 aliphatic rings. The topological polar surface area (TPSA) is 36.4 Å². The molecule has 1 spiro atoms. The molecule has 1 aliphatic heterocycles. The molecule has 0 radical (unpaired) electrons. The van der Waals surface area contributed by atoms with E-state index in [0.717, 1.165) is 35.6 Å². The first kappa shape index (κ1) is 18.7. The number of para-hydroxylation sites is 2. The monoisotopic (exact) mass is 373 g/mol. The highest BCUT2D eigenvalue weighted by molar-refractivity contribution is 6.09. The lowest BCUT2D eigenvalue weighted by Crippen LogP contribution is -2.52. The lowest BCUT2D eigenvalue weighted by atomic mass is 9.86. The number of halogens is 2. The van der Waals surface area contributed by atoms with E-state index in [2.05, 4.69) is 28.8 Å². The standard InChI is InChI=1S/C21H24FN3.ClH/c22-17-9-7-8-16(14-17)15-23-20-21(12-5-1-2-6-13-21)25-19-11-4-3-10-18(19)24-20;/h3-4,7-11,14,25H,1-2,5-6,12-13,15H2,(H,23,24);1H. The molecule has 0 unspecified atom stereocenters. The van der Waals surface area contributed by atoms with E-state index in [1.807, 2.05) is 12.1 Å². The van der Waals surface area contributed by atoms with Crippen LogP contribution in [0, 0.1) is 5.82 Å². The SMILES string of the molecule is Cl.Fc1cccc(CN=C2Nc3ccccc3NC23CCCCCC3)c1. The second-order valence-electron chi connectivity index (χ2n) is 7.09. The zero-order chi connectivity index (χ0) is 17.1. The van der Waals surface area contributed by atoms with E-state index in [9.17, 15) is 4.39 Å². The molecule has 1 fully saturated rings. The lowest BCUT2D eigenvalue weighted by Gasteiger charge is -2.41. The fourth-order valence-electron chi connectivity index (χ4n) is 3.96. The predicted molar refractivity (Wildman–Crippen MR) is 109 cm³/mol. The van der Waals surface area contributed by atoms with Crippen LogP contribution in [0.15, 0.2) is 53.5 Å². The number of fused-ring (bicyclic) bond motifs is 1. The van der Waals surface area contributed by atoms with Crippen molar-refractivity contribution in [3.63, 3.8) is 0 Å². The van der Waals surface area contributed by atoms with Crippen molar-refractivity contribution in [3.8, 4) is 0 Å². The summed E-state index contributed by atoms with van der Waals surface area (Å²) in [6.07, 6.45) is 7.13. The van der Waals surface area contributed by atoms with Gasteiger partial charge in [-0.25, -0.2) is 4.39 Å². The van der Waals surface area contributed by atoms with E-state index in [1.165, 1.54) is 31.7 Å². The van der Waals surface area contributed by atoms with Crippen LogP contribution in [-0.4, -0.2) is 11.4 Å². The molecule has 5 heteroatoms. The van der Waals surface area contributed by atoms with Crippen LogP contribution in [0.1, 0.15) is 44.1 Å². The highest BCUT2D eigenvalue weighted by atomic mass is 35.5. The maximum absolute atomic E-state index is 13.5. The van der Waals surface area contributed by atoms with E-state index in [0.29, 0.717) is 6.54 Å². The van der Waals surface area contributed by atoms with E-state index in [1.54, 1.807) is 12.1 Å². The fourth-order valence-corrected chi connectivity index (χ4v) is 3.96. The summed E-state index contributed by atoms with van der Waals surface area (Å²) in [6, 6.07) is 15.0. The molecule has 0 bridgehead atoms. The third-order valence-corrected chi connectivity index (χ3v) is 5.27. The van der Waals surface area contributed by atoms with Gasteiger partial charge in [0.15, 0.2) is 0 Å². The molecule has 3 nitrogen and oxygen atoms in total. The Bertz CT molecular complexity index is 782. The molecule has 0 aromatic heterocycles. The van der Waals surface area contributed by atoms with Gasteiger partial charge in [0, 0.05) is 0 Å². The smallest absolute Gasteiger partial charge is 0.127 e. The van der Waals surface area contributed by atoms with Crippen molar-refractivity contribution in [1.82, 2.24) is 0 Å². The molecule has 0 amide bonds. The number of rotatable bonds is 2. The molecule has 1 saturated carbocycles. The summed E-state index contributed by atoms with van der Waals surface area (Å²) in [5.74, 6) is 0.791. The van der Waals surface area contributed by atoms with Crippen molar-refractivity contribution in [1.29, 1.82) is 0 Å². The molecular formula is C21H25ClFN3. The first-order valence-corrected chi connectivity index (χ1v) is 9.19. The minimum absolute atomic E-state index is 0. The predicted octanol–water partition coefficient (Wildman–Crippen LogP) is 5.78. The quantitative estimate of drug-likeness (QED) is 0.700. The Morgan fingerprint density at radius 1 is 0.923 bits per heavy atom. The number of nitrogens with one attached hydrogen (secondary N) is 2. The van der Waals surface area contributed by atoms with Crippen LogP contribution in [0.5, 0.6) is 0 Å². The Balaban J connectivity index is 0.00000196. The zero-order valence-corrected chi connectivity index (χ0v) is 15.6. The Morgan fingerprint density at radius 2 is 1.65 bits per heavy atom. The maximum Gasteiger partial charge on any atom is 0.127 e. The summed E-state index contributed by atoms with van der Waals surface area (Å²) >= 11 is 0. The molecule has 1 heterocycles. The van der Waals surface area contributed by atoms with Crippen LogP contribution in [0.3, 0.4) is 0 Å². The van der Waals surface area contributed by atoms with Crippen LogP contribution in [0.4, 0.5) is 15.8 Å².